The minimum atomic E-state index is -4.51. The van der Waals surface area contributed by atoms with Crippen LogP contribution in [0.1, 0.15) is 24.1 Å². The van der Waals surface area contributed by atoms with Crippen LogP contribution in [0, 0.1) is 0 Å². The van der Waals surface area contributed by atoms with E-state index in [4.69, 9.17) is 4.74 Å². The molecular weight excluding hydrogens is 509 g/mol. The smallest absolute Gasteiger partial charge is 0.433 e. The number of halogens is 4. The van der Waals surface area contributed by atoms with Crippen molar-refractivity contribution in [1.29, 1.82) is 0 Å². The number of likely N-dealkylation sites (tertiary alicyclic amines) is 1. The van der Waals surface area contributed by atoms with Crippen molar-refractivity contribution >= 4 is 40.5 Å². The number of methoxy groups -OCH3 is 1. The minimum absolute atomic E-state index is 0. The molecule has 4 heterocycles. The van der Waals surface area contributed by atoms with E-state index in [1.54, 1.807) is 13.3 Å². The lowest BCUT2D eigenvalue weighted by molar-refractivity contribution is -0.140. The van der Waals surface area contributed by atoms with Crippen molar-refractivity contribution in [2.24, 2.45) is 0 Å². The van der Waals surface area contributed by atoms with Gasteiger partial charge < -0.3 is 10.1 Å². The Bertz CT molecular complexity index is 1310. The normalized spacial score (nSPS) is 15.0. The summed E-state index contributed by atoms with van der Waals surface area (Å²) in [6.07, 6.45) is -1.08. The van der Waals surface area contributed by atoms with Gasteiger partial charge in [-0.05, 0) is 53.4 Å². The Balaban J connectivity index is 0.00000304. The Morgan fingerprint density at radius 3 is 2.58 bits per heavy atom. The number of piperidine rings is 1. The molecule has 0 radical (unpaired) electrons. The lowest BCUT2D eigenvalue weighted by Crippen LogP contribution is -2.38. The molecule has 0 bridgehead atoms. The number of nitrogens with zero attached hydrogens (tertiary/aromatic N) is 3. The third-order valence-corrected chi connectivity index (χ3v) is 7.05. The van der Waals surface area contributed by atoms with Crippen molar-refractivity contribution in [1.82, 2.24) is 14.9 Å². The van der Waals surface area contributed by atoms with Gasteiger partial charge in [0, 0.05) is 48.4 Å². The minimum Gasteiger partial charge on any atom is -0.496 e. The molecule has 4 aromatic rings. The van der Waals surface area contributed by atoms with Crippen LogP contribution in [0.25, 0.3) is 22.0 Å². The number of rotatable bonds is 6. The van der Waals surface area contributed by atoms with E-state index in [-0.39, 0.29) is 18.4 Å². The second-order valence-electron chi connectivity index (χ2n) is 8.63. The number of nitrogens with one attached hydrogen (secondary N) is 1. The zero-order chi connectivity index (χ0) is 24.4. The molecule has 3 aromatic heterocycles. The van der Waals surface area contributed by atoms with Gasteiger partial charge in [0.15, 0.2) is 0 Å². The van der Waals surface area contributed by atoms with Crippen molar-refractivity contribution in [2.75, 3.05) is 25.5 Å². The molecule has 1 aliphatic heterocycles. The summed E-state index contributed by atoms with van der Waals surface area (Å²) in [5.41, 5.74) is 1.98. The van der Waals surface area contributed by atoms with Gasteiger partial charge in [-0.3, -0.25) is 4.90 Å². The first-order valence-corrected chi connectivity index (χ1v) is 12.4. The van der Waals surface area contributed by atoms with E-state index in [0.717, 1.165) is 55.4 Å². The van der Waals surface area contributed by atoms with E-state index < -0.39 is 11.9 Å². The standard InChI is InChI=1S/C26H25F3N4OS.ClH/c1-34-22-5-3-2-4-17(22)15-33-11-8-19(9-12-33)31-25-20-6-7-23(26(27,28)29)32-24(20)21(14-30-25)18-10-13-35-16-18;/h2-7,10,13-14,16,19H,8-9,11-12,15H2,1H3,(H,30,31);1H. The van der Waals surface area contributed by atoms with E-state index >= 15 is 0 Å². The molecule has 0 spiro atoms. The molecule has 1 saturated heterocycles. The van der Waals surface area contributed by atoms with Gasteiger partial charge in [-0.25, -0.2) is 9.97 Å². The van der Waals surface area contributed by atoms with E-state index in [1.165, 1.54) is 17.4 Å². The monoisotopic (exact) mass is 534 g/mol. The zero-order valence-electron chi connectivity index (χ0n) is 19.6. The van der Waals surface area contributed by atoms with Crippen LogP contribution >= 0.6 is 23.7 Å². The average Bonchev–Trinajstić information content (AvgIpc) is 3.39. The van der Waals surface area contributed by atoms with Crippen LogP contribution in [0.3, 0.4) is 0 Å². The van der Waals surface area contributed by atoms with Gasteiger partial charge >= 0.3 is 6.18 Å². The fourth-order valence-electron chi connectivity index (χ4n) is 4.52. The highest BCUT2D eigenvalue weighted by atomic mass is 35.5. The number of aromatic nitrogens is 2. The number of anilines is 1. The van der Waals surface area contributed by atoms with Gasteiger partial charge in [0.2, 0.25) is 0 Å². The number of alkyl halides is 3. The van der Waals surface area contributed by atoms with Gasteiger partial charge in [0.1, 0.15) is 17.3 Å². The lowest BCUT2D eigenvalue weighted by Gasteiger charge is -2.33. The molecule has 0 unspecified atom stereocenters. The summed E-state index contributed by atoms with van der Waals surface area (Å²) in [5, 5.41) is 7.86. The van der Waals surface area contributed by atoms with Crippen LogP contribution < -0.4 is 10.1 Å². The molecule has 36 heavy (non-hydrogen) atoms. The Hall–Kier alpha value is -2.88. The first kappa shape index (κ1) is 26.2. The summed E-state index contributed by atoms with van der Waals surface area (Å²) in [6.45, 7) is 2.62. The van der Waals surface area contributed by atoms with Crippen molar-refractivity contribution < 1.29 is 17.9 Å². The quantitative estimate of drug-likeness (QED) is 0.292. The van der Waals surface area contributed by atoms with Crippen molar-refractivity contribution in [3.8, 4) is 16.9 Å². The third kappa shape index (κ3) is 5.58. The number of hydrogen-bond donors (Lipinski definition) is 1. The summed E-state index contributed by atoms with van der Waals surface area (Å²) in [5.74, 6) is 1.46. The molecule has 0 saturated carbocycles. The predicted octanol–water partition coefficient (Wildman–Crippen LogP) is 6.88. The fourth-order valence-corrected chi connectivity index (χ4v) is 5.18. The second-order valence-corrected chi connectivity index (χ2v) is 9.41. The Morgan fingerprint density at radius 2 is 1.89 bits per heavy atom. The zero-order valence-corrected chi connectivity index (χ0v) is 21.2. The Morgan fingerprint density at radius 1 is 1.11 bits per heavy atom. The number of para-hydroxylation sites is 1. The SMILES string of the molecule is COc1ccccc1CN1CCC(Nc2ncc(-c3ccsc3)c3nc(C(F)(F)F)ccc23)CC1.Cl. The number of benzene rings is 1. The molecular formula is C26H26ClF3N4OS. The first-order chi connectivity index (χ1) is 16.9. The molecule has 1 aromatic carbocycles. The van der Waals surface area contributed by atoms with Crippen LogP contribution in [0.2, 0.25) is 0 Å². The molecule has 0 amide bonds. The maximum atomic E-state index is 13.4. The first-order valence-electron chi connectivity index (χ1n) is 11.4. The number of hydrogen-bond acceptors (Lipinski definition) is 6. The maximum Gasteiger partial charge on any atom is 0.433 e. The summed E-state index contributed by atoms with van der Waals surface area (Å²) >= 11 is 1.48. The van der Waals surface area contributed by atoms with Crippen molar-refractivity contribution in [3.05, 3.63) is 70.7 Å². The second kappa shape index (κ2) is 11.0. The van der Waals surface area contributed by atoms with Crippen LogP contribution in [-0.2, 0) is 12.7 Å². The topological polar surface area (TPSA) is 50.3 Å². The summed E-state index contributed by atoms with van der Waals surface area (Å²) in [4.78, 5) is 11.0. The highest BCUT2D eigenvalue weighted by molar-refractivity contribution is 7.08. The van der Waals surface area contributed by atoms with Gasteiger partial charge in [-0.1, -0.05) is 18.2 Å². The molecule has 0 aliphatic carbocycles. The van der Waals surface area contributed by atoms with E-state index in [0.29, 0.717) is 22.3 Å². The Kier molecular flexibility index (Phi) is 8.02. The Labute approximate surface area is 217 Å². The number of ether oxygens (including phenoxy) is 1. The molecule has 1 fully saturated rings. The predicted molar refractivity (Wildman–Crippen MR) is 140 cm³/mol. The lowest BCUT2D eigenvalue weighted by atomic mass is 10.0. The molecule has 10 heteroatoms. The van der Waals surface area contributed by atoms with Crippen LogP contribution in [0.4, 0.5) is 19.0 Å². The number of fused-ring (bicyclic) bond motifs is 1. The fraction of sp³-hybridized carbons (Fsp3) is 0.308. The van der Waals surface area contributed by atoms with Gasteiger partial charge in [0.05, 0.1) is 12.6 Å². The van der Waals surface area contributed by atoms with Crippen LogP contribution in [0.5, 0.6) is 5.75 Å². The number of pyridine rings is 2. The van der Waals surface area contributed by atoms with E-state index in [2.05, 4.69) is 26.3 Å². The summed E-state index contributed by atoms with van der Waals surface area (Å²) < 4.78 is 45.7. The molecule has 5 nitrogen and oxygen atoms in total. The van der Waals surface area contributed by atoms with E-state index in [1.807, 2.05) is 35.0 Å². The number of thiophene rings is 1. The van der Waals surface area contributed by atoms with Gasteiger partial charge in [0.25, 0.3) is 0 Å². The van der Waals surface area contributed by atoms with Crippen molar-refractivity contribution in [3.63, 3.8) is 0 Å². The largest absolute Gasteiger partial charge is 0.496 e. The van der Waals surface area contributed by atoms with Crippen LogP contribution in [0.15, 0.2) is 59.4 Å². The highest BCUT2D eigenvalue weighted by Gasteiger charge is 2.33. The van der Waals surface area contributed by atoms with E-state index in [9.17, 15) is 13.2 Å². The van der Waals surface area contributed by atoms with Gasteiger partial charge in [-0.15, -0.1) is 12.4 Å². The third-order valence-electron chi connectivity index (χ3n) is 6.37. The molecule has 1 aliphatic rings. The molecule has 0 atom stereocenters. The maximum absolute atomic E-state index is 13.4. The average molecular weight is 535 g/mol. The molecule has 1 N–H and O–H groups in total. The van der Waals surface area contributed by atoms with Crippen molar-refractivity contribution in [2.45, 2.75) is 31.6 Å². The summed E-state index contributed by atoms with van der Waals surface area (Å²) in [6, 6.07) is 12.6. The van der Waals surface area contributed by atoms with Crippen LogP contribution in [-0.4, -0.2) is 41.1 Å². The highest BCUT2D eigenvalue weighted by Crippen LogP contribution is 2.36. The molecule has 190 valence electrons. The van der Waals surface area contributed by atoms with Gasteiger partial charge in [-0.2, -0.15) is 24.5 Å². The summed E-state index contributed by atoms with van der Waals surface area (Å²) in [7, 11) is 1.68. The molecule has 5 rings (SSSR count).